The summed E-state index contributed by atoms with van der Waals surface area (Å²) in [5, 5.41) is 2.81. The average molecular weight is 505 g/mol. The van der Waals surface area contributed by atoms with Gasteiger partial charge in [0.05, 0.1) is 18.5 Å². The molecule has 0 aliphatic carbocycles. The fraction of sp³-hybridized carbons (Fsp3) is 0.107. The Labute approximate surface area is 210 Å². The summed E-state index contributed by atoms with van der Waals surface area (Å²) in [6, 6.07) is 29.0. The summed E-state index contributed by atoms with van der Waals surface area (Å²) in [7, 11) is -3.69. The molecule has 8 heteroatoms. The van der Waals surface area contributed by atoms with Gasteiger partial charge in [0.15, 0.2) is 0 Å². The molecule has 4 aromatic carbocycles. The normalized spacial score (nSPS) is 11.1. The summed E-state index contributed by atoms with van der Waals surface area (Å²) < 4.78 is 45.7. The van der Waals surface area contributed by atoms with Crippen LogP contribution in [0.4, 0.5) is 15.8 Å². The number of carbonyl (C=O) groups is 1. The van der Waals surface area contributed by atoms with Crippen LogP contribution in [0, 0.1) is 5.82 Å². The van der Waals surface area contributed by atoms with Gasteiger partial charge in [-0.2, -0.15) is 0 Å². The molecular weight excluding hydrogens is 479 g/mol. The fourth-order valence-electron chi connectivity index (χ4n) is 3.54. The Morgan fingerprint density at radius 1 is 0.861 bits per heavy atom. The Hall–Kier alpha value is -4.17. The molecule has 0 radical (unpaired) electrons. The molecule has 0 fully saturated rings. The number of hydrogen-bond donors (Lipinski definition) is 1. The molecule has 0 aliphatic rings. The van der Waals surface area contributed by atoms with Gasteiger partial charge in [0, 0.05) is 16.8 Å². The molecule has 0 heterocycles. The molecule has 0 bridgehead atoms. The van der Waals surface area contributed by atoms with Gasteiger partial charge in [-0.15, -0.1) is 0 Å². The van der Waals surface area contributed by atoms with Crippen LogP contribution in [0.15, 0.2) is 103 Å². The number of carbonyl (C=O) groups excluding carboxylic acids is 1. The molecule has 0 saturated carbocycles. The molecule has 36 heavy (non-hydrogen) atoms. The van der Waals surface area contributed by atoms with Crippen molar-refractivity contribution >= 4 is 27.3 Å². The summed E-state index contributed by atoms with van der Waals surface area (Å²) in [5.74, 6) is -0.157. The van der Waals surface area contributed by atoms with Crippen LogP contribution in [-0.2, 0) is 23.2 Å². The average Bonchev–Trinajstić information content (AvgIpc) is 2.88. The van der Waals surface area contributed by atoms with Crippen molar-refractivity contribution < 1.29 is 22.3 Å². The van der Waals surface area contributed by atoms with E-state index in [-0.39, 0.29) is 18.0 Å². The minimum absolute atomic E-state index is 0.157. The highest BCUT2D eigenvalue weighted by molar-refractivity contribution is 7.92. The van der Waals surface area contributed by atoms with Crippen molar-refractivity contribution in [2.75, 3.05) is 15.9 Å². The van der Waals surface area contributed by atoms with Gasteiger partial charge >= 0.3 is 0 Å². The molecule has 4 rings (SSSR count). The molecule has 0 spiro atoms. The van der Waals surface area contributed by atoms with Crippen molar-refractivity contribution in [3.63, 3.8) is 0 Å². The van der Waals surface area contributed by atoms with Crippen LogP contribution in [0.5, 0.6) is 5.75 Å². The lowest BCUT2D eigenvalue weighted by molar-refractivity contribution is 0.102. The predicted molar refractivity (Wildman–Crippen MR) is 139 cm³/mol. The number of ether oxygens (including phenoxy) is 1. The van der Waals surface area contributed by atoms with E-state index in [1.54, 1.807) is 36.4 Å². The zero-order valence-corrected chi connectivity index (χ0v) is 20.4. The van der Waals surface area contributed by atoms with Crippen LogP contribution in [0.25, 0.3) is 0 Å². The van der Waals surface area contributed by atoms with E-state index in [0.717, 1.165) is 16.1 Å². The fourth-order valence-corrected chi connectivity index (χ4v) is 4.42. The number of amides is 1. The molecule has 4 aromatic rings. The lowest BCUT2D eigenvalue weighted by Gasteiger charge is -2.23. The molecular formula is C28H25FN2O4S. The van der Waals surface area contributed by atoms with Gasteiger partial charge in [-0.1, -0.05) is 48.5 Å². The summed E-state index contributed by atoms with van der Waals surface area (Å²) in [6.07, 6.45) is 1.06. The number of hydrogen-bond acceptors (Lipinski definition) is 4. The Bertz CT molecular complexity index is 1420. The molecule has 0 unspecified atom stereocenters. The zero-order valence-electron chi connectivity index (χ0n) is 19.6. The van der Waals surface area contributed by atoms with Crippen LogP contribution in [0.1, 0.15) is 21.5 Å². The second kappa shape index (κ2) is 11.0. The minimum atomic E-state index is -3.69. The van der Waals surface area contributed by atoms with Crippen LogP contribution < -0.4 is 14.4 Å². The first kappa shape index (κ1) is 24.9. The third-order valence-electron chi connectivity index (χ3n) is 5.45. The molecule has 0 atom stereocenters. The van der Waals surface area contributed by atoms with E-state index in [0.29, 0.717) is 29.3 Å². The van der Waals surface area contributed by atoms with Crippen LogP contribution >= 0.6 is 0 Å². The topological polar surface area (TPSA) is 75.7 Å². The predicted octanol–water partition coefficient (Wildman–Crippen LogP) is 5.62. The number of anilines is 2. The lowest BCUT2D eigenvalue weighted by Crippen LogP contribution is -2.29. The van der Waals surface area contributed by atoms with Crippen molar-refractivity contribution in [2.45, 2.75) is 13.2 Å². The molecule has 6 nitrogen and oxygen atoms in total. The number of nitrogens with one attached hydrogen (secondary N) is 1. The van der Waals surface area contributed by atoms with E-state index >= 15 is 0 Å². The van der Waals surface area contributed by atoms with E-state index in [2.05, 4.69) is 5.32 Å². The number of rotatable bonds is 9. The van der Waals surface area contributed by atoms with Crippen LogP contribution in [0.3, 0.4) is 0 Å². The molecule has 0 aromatic heterocycles. The van der Waals surface area contributed by atoms with E-state index in [1.807, 2.05) is 30.3 Å². The van der Waals surface area contributed by atoms with E-state index in [9.17, 15) is 17.6 Å². The highest BCUT2D eigenvalue weighted by Crippen LogP contribution is 2.23. The molecule has 0 saturated heterocycles. The maximum absolute atomic E-state index is 14.1. The standard InChI is InChI=1S/C28H25FN2O4S/c1-36(33,34)31(19-23-9-5-6-10-27(23)29)25-15-11-22(12-16-25)28(32)30-24-13-17-26(18-14-24)35-20-21-7-3-2-4-8-21/h2-18H,19-20H2,1H3,(H,30,32). The summed E-state index contributed by atoms with van der Waals surface area (Å²) in [4.78, 5) is 12.7. The molecule has 0 aliphatic heterocycles. The Kier molecular flexibility index (Phi) is 7.65. The van der Waals surface area contributed by atoms with Gasteiger partial charge in [-0.05, 0) is 60.2 Å². The first-order valence-electron chi connectivity index (χ1n) is 11.2. The number of halogens is 1. The first-order chi connectivity index (χ1) is 17.3. The zero-order chi connectivity index (χ0) is 25.5. The second-order valence-electron chi connectivity index (χ2n) is 8.16. The summed E-state index contributed by atoms with van der Waals surface area (Å²) in [5.41, 5.74) is 2.58. The molecule has 184 valence electrons. The lowest BCUT2D eigenvalue weighted by atomic mass is 10.1. The van der Waals surface area contributed by atoms with Crippen molar-refractivity contribution in [3.05, 3.63) is 126 Å². The van der Waals surface area contributed by atoms with Crippen molar-refractivity contribution in [3.8, 4) is 5.75 Å². The van der Waals surface area contributed by atoms with E-state index in [1.165, 1.54) is 36.4 Å². The Balaban J connectivity index is 1.40. The Morgan fingerprint density at radius 3 is 2.14 bits per heavy atom. The smallest absolute Gasteiger partial charge is 0.255 e. The maximum atomic E-state index is 14.1. The van der Waals surface area contributed by atoms with Crippen molar-refractivity contribution in [1.29, 1.82) is 0 Å². The maximum Gasteiger partial charge on any atom is 0.255 e. The third kappa shape index (κ3) is 6.49. The van der Waals surface area contributed by atoms with E-state index in [4.69, 9.17) is 4.74 Å². The summed E-state index contributed by atoms with van der Waals surface area (Å²) in [6.45, 7) is 0.288. The van der Waals surface area contributed by atoms with Gasteiger partial charge < -0.3 is 10.1 Å². The van der Waals surface area contributed by atoms with Crippen molar-refractivity contribution in [1.82, 2.24) is 0 Å². The monoisotopic (exact) mass is 504 g/mol. The second-order valence-corrected chi connectivity index (χ2v) is 10.1. The third-order valence-corrected chi connectivity index (χ3v) is 6.59. The number of nitrogens with zero attached hydrogens (tertiary/aromatic N) is 1. The number of benzene rings is 4. The van der Waals surface area contributed by atoms with Gasteiger partial charge in [0.25, 0.3) is 5.91 Å². The SMILES string of the molecule is CS(=O)(=O)N(Cc1ccccc1F)c1ccc(C(=O)Nc2ccc(OCc3ccccc3)cc2)cc1. The van der Waals surface area contributed by atoms with Gasteiger partial charge in [0.2, 0.25) is 10.0 Å². The van der Waals surface area contributed by atoms with Gasteiger partial charge in [0.1, 0.15) is 18.2 Å². The van der Waals surface area contributed by atoms with Gasteiger partial charge in [-0.3, -0.25) is 9.10 Å². The highest BCUT2D eigenvalue weighted by Gasteiger charge is 2.20. The largest absolute Gasteiger partial charge is 0.489 e. The number of sulfonamides is 1. The van der Waals surface area contributed by atoms with E-state index < -0.39 is 15.8 Å². The highest BCUT2D eigenvalue weighted by atomic mass is 32.2. The van der Waals surface area contributed by atoms with Crippen LogP contribution in [0.2, 0.25) is 0 Å². The van der Waals surface area contributed by atoms with Crippen LogP contribution in [-0.4, -0.2) is 20.6 Å². The quantitative estimate of drug-likeness (QED) is 0.321. The van der Waals surface area contributed by atoms with Gasteiger partial charge in [-0.25, -0.2) is 12.8 Å². The van der Waals surface area contributed by atoms with Crippen molar-refractivity contribution in [2.24, 2.45) is 0 Å². The molecule has 1 N–H and O–H groups in total. The molecule has 1 amide bonds. The first-order valence-corrected chi connectivity index (χ1v) is 13.0. The minimum Gasteiger partial charge on any atom is -0.489 e. The Morgan fingerprint density at radius 2 is 1.50 bits per heavy atom. The summed E-state index contributed by atoms with van der Waals surface area (Å²) >= 11 is 0.